The molecule has 0 unspecified atom stereocenters. The predicted octanol–water partition coefficient (Wildman–Crippen LogP) is 2.67. The van der Waals surface area contributed by atoms with Crippen LogP contribution in [0, 0.1) is 11.8 Å². The van der Waals surface area contributed by atoms with E-state index >= 15 is 0 Å². The lowest BCUT2D eigenvalue weighted by molar-refractivity contribution is -0.131. The van der Waals surface area contributed by atoms with E-state index < -0.39 is 31.1 Å². The Hall–Kier alpha value is -2.65. The van der Waals surface area contributed by atoms with Crippen molar-refractivity contribution in [1.29, 1.82) is 0 Å². The molecule has 1 atom stereocenters. The van der Waals surface area contributed by atoms with Crippen molar-refractivity contribution in [3.05, 3.63) is 12.1 Å². The van der Waals surface area contributed by atoms with E-state index in [1.54, 1.807) is 20.2 Å². The summed E-state index contributed by atoms with van der Waals surface area (Å²) >= 11 is 0. The Morgan fingerprint density at radius 3 is 2.48 bits per heavy atom. The number of halogens is 2. The van der Waals surface area contributed by atoms with Crippen LogP contribution in [0.25, 0.3) is 0 Å². The lowest BCUT2D eigenvalue weighted by Gasteiger charge is -2.40. The predicted molar refractivity (Wildman–Crippen MR) is 109 cm³/mol. The van der Waals surface area contributed by atoms with Gasteiger partial charge in [0.15, 0.2) is 0 Å². The second-order valence-corrected chi connectivity index (χ2v) is 8.94. The zero-order valence-corrected chi connectivity index (χ0v) is 17.8. The molecule has 4 rings (SSSR count). The molecule has 0 spiro atoms. The summed E-state index contributed by atoms with van der Waals surface area (Å²) in [5.41, 5.74) is 0.453. The Morgan fingerprint density at radius 2 is 1.90 bits per heavy atom. The van der Waals surface area contributed by atoms with Gasteiger partial charge in [-0.1, -0.05) is 12.8 Å². The average molecular weight is 438 g/mol. The van der Waals surface area contributed by atoms with Crippen molar-refractivity contribution in [3.8, 4) is 11.8 Å². The number of nitrogens with one attached hydrogen (secondary N) is 1. The monoisotopic (exact) mass is 438 g/mol. The van der Waals surface area contributed by atoms with Gasteiger partial charge >= 0.3 is 6.09 Å². The van der Waals surface area contributed by atoms with E-state index in [1.165, 1.54) is 15.9 Å². The van der Waals surface area contributed by atoms with Gasteiger partial charge in [0.2, 0.25) is 17.7 Å². The molecule has 1 saturated heterocycles. The number of anilines is 1. The fourth-order valence-electron chi connectivity index (χ4n) is 3.47. The van der Waals surface area contributed by atoms with Crippen LogP contribution in [-0.2, 0) is 4.79 Å². The SMILES string of the molecule is CN(C)C(=O)[C@H](CC1CC1)NC(=O)Oc1ccc(N2CC(F)(F)C2)c(OCC2CC2)n1. The zero-order valence-electron chi connectivity index (χ0n) is 17.8. The number of alkyl halides is 2. The third-order valence-corrected chi connectivity index (χ3v) is 5.65. The minimum absolute atomic E-state index is 0.0122. The van der Waals surface area contributed by atoms with Gasteiger partial charge in [-0.25, -0.2) is 13.6 Å². The quantitative estimate of drug-likeness (QED) is 0.638. The summed E-state index contributed by atoms with van der Waals surface area (Å²) in [7, 11) is 3.27. The number of pyridine rings is 1. The van der Waals surface area contributed by atoms with E-state index in [9.17, 15) is 18.4 Å². The van der Waals surface area contributed by atoms with E-state index in [0.717, 1.165) is 25.7 Å². The molecule has 2 amide bonds. The molecule has 10 heteroatoms. The second kappa shape index (κ2) is 8.47. The second-order valence-electron chi connectivity index (χ2n) is 8.94. The normalized spacial score (nSPS) is 20.5. The maximum absolute atomic E-state index is 13.3. The van der Waals surface area contributed by atoms with Gasteiger partial charge in [0.1, 0.15) is 11.7 Å². The standard InChI is InChI=1S/C21H28F2N4O4/c1-26(2)19(28)15(9-13-3-4-13)24-20(29)31-17-8-7-16(27-11-21(22,23)12-27)18(25-17)30-10-14-5-6-14/h7-8,13-15H,3-6,9-12H2,1-2H3,(H,24,29)/t15-/m0/s1. The van der Waals surface area contributed by atoms with Crippen LogP contribution < -0.4 is 19.7 Å². The Bertz CT molecular complexity index is 835. The largest absolute Gasteiger partial charge is 0.476 e. The lowest BCUT2D eigenvalue weighted by Crippen LogP contribution is -2.56. The smallest absolute Gasteiger partial charge is 0.414 e. The number of amides is 2. The van der Waals surface area contributed by atoms with Crippen LogP contribution in [0.15, 0.2) is 12.1 Å². The minimum Gasteiger partial charge on any atom is -0.476 e. The van der Waals surface area contributed by atoms with Crippen LogP contribution >= 0.6 is 0 Å². The van der Waals surface area contributed by atoms with Gasteiger partial charge in [-0.05, 0) is 37.2 Å². The molecular weight excluding hydrogens is 410 g/mol. The summed E-state index contributed by atoms with van der Waals surface area (Å²) in [6.07, 6.45) is 4.01. The molecular formula is C21H28F2N4O4. The topological polar surface area (TPSA) is 84.0 Å². The number of ether oxygens (including phenoxy) is 2. The number of likely N-dealkylation sites (N-methyl/N-ethyl adjacent to an activating group) is 1. The van der Waals surface area contributed by atoms with Crippen LogP contribution in [-0.4, -0.2) is 67.6 Å². The highest BCUT2D eigenvalue weighted by Crippen LogP contribution is 2.39. The fraction of sp³-hybridized carbons (Fsp3) is 0.667. The molecule has 1 aliphatic heterocycles. The highest BCUT2D eigenvalue weighted by molar-refractivity contribution is 5.85. The first kappa shape index (κ1) is 21.6. The summed E-state index contributed by atoms with van der Waals surface area (Å²) < 4.78 is 37.7. The van der Waals surface area contributed by atoms with Crippen LogP contribution in [0.4, 0.5) is 19.3 Å². The summed E-state index contributed by atoms with van der Waals surface area (Å²) in [4.78, 5) is 31.9. The van der Waals surface area contributed by atoms with Crippen molar-refractivity contribution in [2.75, 3.05) is 38.7 Å². The van der Waals surface area contributed by atoms with Crippen molar-refractivity contribution >= 4 is 17.7 Å². The molecule has 0 aromatic carbocycles. The van der Waals surface area contributed by atoms with Gasteiger partial charge < -0.3 is 24.6 Å². The molecule has 3 fully saturated rings. The van der Waals surface area contributed by atoms with Crippen molar-refractivity contribution < 1.29 is 27.8 Å². The molecule has 0 bridgehead atoms. The van der Waals surface area contributed by atoms with Gasteiger partial charge in [0.05, 0.1) is 19.7 Å². The molecule has 1 aromatic rings. The third-order valence-electron chi connectivity index (χ3n) is 5.65. The summed E-state index contributed by atoms with van der Waals surface area (Å²) in [5.74, 6) is -1.88. The molecule has 170 valence electrons. The molecule has 1 N–H and O–H groups in total. The maximum atomic E-state index is 13.3. The molecule has 8 nitrogen and oxygen atoms in total. The Morgan fingerprint density at radius 1 is 1.23 bits per heavy atom. The number of carbonyl (C=O) groups excluding carboxylic acids is 2. The Kier molecular flexibility index (Phi) is 5.90. The van der Waals surface area contributed by atoms with Gasteiger partial charge in [-0.2, -0.15) is 4.98 Å². The first-order valence-corrected chi connectivity index (χ1v) is 10.7. The van der Waals surface area contributed by atoms with Crippen LogP contribution in [0.2, 0.25) is 0 Å². The fourth-order valence-corrected chi connectivity index (χ4v) is 3.47. The van der Waals surface area contributed by atoms with Crippen LogP contribution in [0.5, 0.6) is 11.8 Å². The van der Waals surface area contributed by atoms with E-state index in [2.05, 4.69) is 10.3 Å². The summed E-state index contributed by atoms with van der Waals surface area (Å²) in [6, 6.07) is 2.35. The van der Waals surface area contributed by atoms with Crippen molar-refractivity contribution in [1.82, 2.24) is 15.2 Å². The number of rotatable bonds is 9. The lowest BCUT2D eigenvalue weighted by atomic mass is 10.1. The van der Waals surface area contributed by atoms with E-state index in [1.807, 2.05) is 0 Å². The Labute approximate surface area is 179 Å². The first-order chi connectivity index (χ1) is 14.7. The molecule has 0 radical (unpaired) electrons. The van der Waals surface area contributed by atoms with Gasteiger partial charge in [0, 0.05) is 20.2 Å². The highest BCUT2D eigenvalue weighted by Gasteiger charge is 2.45. The number of carbonyl (C=O) groups is 2. The summed E-state index contributed by atoms with van der Waals surface area (Å²) in [5, 5.41) is 2.63. The van der Waals surface area contributed by atoms with Crippen LogP contribution in [0.3, 0.4) is 0 Å². The number of hydrogen-bond donors (Lipinski definition) is 1. The van der Waals surface area contributed by atoms with Crippen molar-refractivity contribution in [2.45, 2.75) is 44.1 Å². The number of hydrogen-bond acceptors (Lipinski definition) is 6. The van der Waals surface area contributed by atoms with Crippen LogP contribution in [0.1, 0.15) is 32.1 Å². The van der Waals surface area contributed by atoms with E-state index in [-0.39, 0.29) is 17.7 Å². The minimum atomic E-state index is -2.72. The van der Waals surface area contributed by atoms with Gasteiger partial charge in [-0.3, -0.25) is 4.79 Å². The molecule has 31 heavy (non-hydrogen) atoms. The van der Waals surface area contributed by atoms with Gasteiger partial charge in [0.25, 0.3) is 5.92 Å². The highest BCUT2D eigenvalue weighted by atomic mass is 19.3. The molecule has 2 heterocycles. The summed E-state index contributed by atoms with van der Waals surface area (Å²) in [6.45, 7) is -0.351. The molecule has 2 aliphatic carbocycles. The average Bonchev–Trinajstić information content (AvgIpc) is 3.58. The van der Waals surface area contributed by atoms with Crippen molar-refractivity contribution in [3.63, 3.8) is 0 Å². The number of aromatic nitrogens is 1. The van der Waals surface area contributed by atoms with E-state index in [0.29, 0.717) is 30.6 Å². The zero-order chi connectivity index (χ0) is 22.2. The molecule has 1 aromatic heterocycles. The molecule has 2 saturated carbocycles. The van der Waals surface area contributed by atoms with Gasteiger partial charge in [-0.15, -0.1) is 0 Å². The molecule has 3 aliphatic rings. The first-order valence-electron chi connectivity index (χ1n) is 10.7. The third kappa shape index (κ3) is 5.74. The van der Waals surface area contributed by atoms with E-state index in [4.69, 9.17) is 9.47 Å². The van der Waals surface area contributed by atoms with Crippen molar-refractivity contribution in [2.24, 2.45) is 11.8 Å². The number of nitrogens with zero attached hydrogens (tertiary/aromatic N) is 3. The Balaban J connectivity index is 1.42. The maximum Gasteiger partial charge on any atom is 0.414 e.